The van der Waals surface area contributed by atoms with Gasteiger partial charge in [0.05, 0.1) is 4.88 Å². The first-order valence-electron chi connectivity index (χ1n) is 7.15. The highest BCUT2D eigenvalue weighted by atomic mass is 32.1. The number of aromatic amines is 1. The van der Waals surface area contributed by atoms with E-state index in [4.69, 9.17) is 12.2 Å². The molecule has 0 spiro atoms. The van der Waals surface area contributed by atoms with Gasteiger partial charge in [-0.05, 0) is 49.3 Å². The molecule has 5 nitrogen and oxygen atoms in total. The summed E-state index contributed by atoms with van der Waals surface area (Å²) >= 11 is 6.86. The quantitative estimate of drug-likeness (QED) is 0.831. The number of hydrogen-bond acceptors (Lipinski definition) is 4. The zero-order chi connectivity index (χ0) is 14.8. The second-order valence-corrected chi connectivity index (χ2v) is 6.75. The minimum absolute atomic E-state index is 0.00259. The van der Waals surface area contributed by atoms with Crippen molar-refractivity contribution in [1.82, 2.24) is 20.1 Å². The van der Waals surface area contributed by atoms with Crippen molar-refractivity contribution in [3.05, 3.63) is 22.3 Å². The molecule has 1 aliphatic carbocycles. The van der Waals surface area contributed by atoms with Gasteiger partial charge in [0.1, 0.15) is 6.04 Å². The van der Waals surface area contributed by atoms with Gasteiger partial charge in [0, 0.05) is 6.54 Å². The first-order valence-corrected chi connectivity index (χ1v) is 8.44. The van der Waals surface area contributed by atoms with Crippen LogP contribution in [0.15, 0.2) is 17.5 Å². The number of carbonyl (C=O) groups excluding carboxylic acids is 1. The molecule has 0 saturated heterocycles. The molecule has 1 amide bonds. The second kappa shape index (κ2) is 6.11. The lowest BCUT2D eigenvalue weighted by Crippen LogP contribution is -2.36. The topological polar surface area (TPSA) is 62.7 Å². The van der Waals surface area contributed by atoms with E-state index in [0.717, 1.165) is 17.2 Å². The Morgan fingerprint density at radius 2 is 2.48 bits per heavy atom. The Hall–Kier alpha value is -1.47. The van der Waals surface area contributed by atoms with Gasteiger partial charge in [0.2, 0.25) is 5.91 Å². The third-order valence-electron chi connectivity index (χ3n) is 4.00. The second-order valence-electron chi connectivity index (χ2n) is 5.42. The summed E-state index contributed by atoms with van der Waals surface area (Å²) in [4.78, 5) is 13.3. The lowest BCUT2D eigenvalue weighted by atomic mass is 9.85. The Kier molecular flexibility index (Phi) is 4.21. The normalized spacial score (nSPS) is 16.4. The molecule has 2 aromatic heterocycles. The molecule has 0 aromatic carbocycles. The molecule has 2 N–H and O–H groups in total. The molecule has 7 heteroatoms. The molecule has 1 unspecified atom stereocenters. The molecule has 0 aliphatic heterocycles. The van der Waals surface area contributed by atoms with Crippen molar-refractivity contribution in [1.29, 1.82) is 0 Å². The molecule has 3 rings (SSSR count). The Morgan fingerprint density at radius 1 is 1.67 bits per heavy atom. The molecule has 1 atom stereocenters. The van der Waals surface area contributed by atoms with Crippen LogP contribution in [0, 0.1) is 10.7 Å². The first kappa shape index (κ1) is 14.5. The predicted octanol–water partition coefficient (Wildman–Crippen LogP) is 3.15. The average Bonchev–Trinajstić information content (AvgIpc) is 3.04. The van der Waals surface area contributed by atoms with E-state index < -0.39 is 0 Å². The molecule has 1 aliphatic rings. The van der Waals surface area contributed by atoms with Crippen LogP contribution in [0.4, 0.5) is 0 Å². The molecule has 0 radical (unpaired) electrons. The van der Waals surface area contributed by atoms with Gasteiger partial charge in [-0.3, -0.25) is 14.5 Å². The number of thiophene rings is 1. The lowest BCUT2D eigenvalue weighted by molar-refractivity contribution is -0.124. The third kappa shape index (κ3) is 2.94. The number of hydrogen-bond donors (Lipinski definition) is 2. The van der Waals surface area contributed by atoms with Crippen LogP contribution in [0.25, 0.3) is 10.7 Å². The minimum Gasteiger partial charge on any atom is -0.354 e. The van der Waals surface area contributed by atoms with E-state index in [0.29, 0.717) is 10.7 Å². The number of H-pyrrole nitrogens is 1. The standard InChI is InChI=1S/C14H18N4OS2/c1-9(13(19)15-8-10-4-2-5-10)18-12(16-17-14(18)20)11-6-3-7-21-11/h3,6-7,9-10H,2,4-5,8H2,1H3,(H,15,19)(H,17,20). The smallest absolute Gasteiger partial charge is 0.242 e. The van der Waals surface area contributed by atoms with Gasteiger partial charge < -0.3 is 5.32 Å². The van der Waals surface area contributed by atoms with E-state index in [1.54, 1.807) is 15.9 Å². The number of carbonyl (C=O) groups is 1. The van der Waals surface area contributed by atoms with Crippen molar-refractivity contribution in [2.45, 2.75) is 32.2 Å². The maximum absolute atomic E-state index is 12.3. The van der Waals surface area contributed by atoms with Gasteiger partial charge in [0.15, 0.2) is 10.6 Å². The van der Waals surface area contributed by atoms with Crippen molar-refractivity contribution < 1.29 is 4.79 Å². The summed E-state index contributed by atoms with van der Waals surface area (Å²) in [6.07, 6.45) is 3.73. The molecular weight excluding hydrogens is 304 g/mol. The maximum Gasteiger partial charge on any atom is 0.242 e. The number of amides is 1. The number of nitrogens with zero attached hydrogens (tertiary/aromatic N) is 2. The summed E-state index contributed by atoms with van der Waals surface area (Å²) in [7, 11) is 0. The average molecular weight is 322 g/mol. The van der Waals surface area contributed by atoms with Crippen molar-refractivity contribution in [3.8, 4) is 10.7 Å². The van der Waals surface area contributed by atoms with Crippen LogP contribution in [0.1, 0.15) is 32.2 Å². The van der Waals surface area contributed by atoms with Crippen molar-refractivity contribution in [2.75, 3.05) is 6.54 Å². The van der Waals surface area contributed by atoms with Gasteiger partial charge in [0.25, 0.3) is 0 Å². The highest BCUT2D eigenvalue weighted by molar-refractivity contribution is 7.71. The van der Waals surface area contributed by atoms with E-state index in [9.17, 15) is 4.79 Å². The fourth-order valence-corrected chi connectivity index (χ4v) is 3.45. The Balaban J connectivity index is 1.77. The van der Waals surface area contributed by atoms with Gasteiger partial charge in [-0.15, -0.1) is 11.3 Å². The minimum atomic E-state index is -0.367. The fraction of sp³-hybridized carbons (Fsp3) is 0.500. The van der Waals surface area contributed by atoms with Gasteiger partial charge in [-0.1, -0.05) is 12.5 Å². The van der Waals surface area contributed by atoms with Crippen LogP contribution in [0.5, 0.6) is 0 Å². The van der Waals surface area contributed by atoms with E-state index in [1.807, 2.05) is 24.4 Å². The highest BCUT2D eigenvalue weighted by Gasteiger charge is 2.23. The molecule has 21 heavy (non-hydrogen) atoms. The largest absolute Gasteiger partial charge is 0.354 e. The lowest BCUT2D eigenvalue weighted by Gasteiger charge is -2.26. The SMILES string of the molecule is CC(C(=O)NCC1CCC1)n1c(-c2cccs2)n[nH]c1=S. The first-order chi connectivity index (χ1) is 10.2. The maximum atomic E-state index is 12.3. The summed E-state index contributed by atoms with van der Waals surface area (Å²) in [6, 6.07) is 3.57. The van der Waals surface area contributed by atoms with Crippen LogP contribution >= 0.6 is 23.6 Å². The van der Waals surface area contributed by atoms with E-state index in [-0.39, 0.29) is 11.9 Å². The van der Waals surface area contributed by atoms with E-state index in [2.05, 4.69) is 15.5 Å². The summed E-state index contributed by atoms with van der Waals surface area (Å²) in [5.41, 5.74) is 0. The monoisotopic (exact) mass is 322 g/mol. The Bertz CT molecular complexity index is 669. The van der Waals surface area contributed by atoms with Gasteiger partial charge >= 0.3 is 0 Å². The van der Waals surface area contributed by atoms with Crippen LogP contribution in [-0.2, 0) is 4.79 Å². The van der Waals surface area contributed by atoms with Crippen molar-refractivity contribution >= 4 is 29.5 Å². The third-order valence-corrected chi connectivity index (χ3v) is 5.16. The van der Waals surface area contributed by atoms with Crippen LogP contribution in [0.3, 0.4) is 0 Å². The molecule has 1 saturated carbocycles. The number of aromatic nitrogens is 3. The molecule has 112 valence electrons. The Morgan fingerprint density at radius 3 is 3.10 bits per heavy atom. The molecule has 2 heterocycles. The van der Waals surface area contributed by atoms with Gasteiger partial charge in [-0.25, -0.2) is 0 Å². The fourth-order valence-electron chi connectivity index (χ4n) is 2.45. The summed E-state index contributed by atoms with van der Waals surface area (Å²) < 4.78 is 2.27. The number of nitrogens with one attached hydrogen (secondary N) is 2. The van der Waals surface area contributed by atoms with Crippen molar-refractivity contribution in [3.63, 3.8) is 0 Å². The predicted molar refractivity (Wildman–Crippen MR) is 85.8 cm³/mol. The highest BCUT2D eigenvalue weighted by Crippen LogP contribution is 2.27. The molecule has 0 bridgehead atoms. The molecular formula is C14H18N4OS2. The number of rotatable bonds is 5. The van der Waals surface area contributed by atoms with Crippen LogP contribution in [-0.4, -0.2) is 27.2 Å². The zero-order valence-corrected chi connectivity index (χ0v) is 13.5. The molecule has 1 fully saturated rings. The molecule has 2 aromatic rings. The summed E-state index contributed by atoms with van der Waals surface area (Å²) in [5, 5.41) is 12.1. The van der Waals surface area contributed by atoms with E-state index >= 15 is 0 Å². The van der Waals surface area contributed by atoms with Crippen molar-refractivity contribution in [2.24, 2.45) is 5.92 Å². The summed E-state index contributed by atoms with van der Waals surface area (Å²) in [5.74, 6) is 1.37. The zero-order valence-electron chi connectivity index (χ0n) is 11.8. The van der Waals surface area contributed by atoms with Crippen LogP contribution in [0.2, 0.25) is 0 Å². The summed E-state index contributed by atoms with van der Waals surface area (Å²) in [6.45, 7) is 2.63. The van der Waals surface area contributed by atoms with E-state index in [1.165, 1.54) is 19.3 Å². The van der Waals surface area contributed by atoms with Gasteiger partial charge in [-0.2, -0.15) is 5.10 Å². The Labute approximate surface area is 132 Å². The van der Waals surface area contributed by atoms with Crippen LogP contribution < -0.4 is 5.32 Å².